The van der Waals surface area contributed by atoms with Gasteiger partial charge in [-0.15, -0.1) is 0 Å². The van der Waals surface area contributed by atoms with Crippen molar-refractivity contribution in [2.24, 2.45) is 0 Å². The summed E-state index contributed by atoms with van der Waals surface area (Å²) in [6.45, 7) is 0. The van der Waals surface area contributed by atoms with Gasteiger partial charge in [-0.05, 0) is 30.3 Å². The molecule has 0 spiro atoms. The number of hydrogen-bond donors (Lipinski definition) is 1. The van der Waals surface area contributed by atoms with Gasteiger partial charge in [-0.25, -0.2) is 0 Å². The van der Waals surface area contributed by atoms with E-state index in [1.807, 2.05) is 36.4 Å². The van der Waals surface area contributed by atoms with Gasteiger partial charge in [-0.3, -0.25) is 4.98 Å². The van der Waals surface area contributed by atoms with Crippen LogP contribution >= 0.6 is 0 Å². The molecule has 1 aromatic heterocycles. The molecule has 2 aromatic carbocycles. The molecule has 0 fully saturated rings. The van der Waals surface area contributed by atoms with Crippen LogP contribution in [0.2, 0.25) is 0 Å². The lowest BCUT2D eigenvalue weighted by molar-refractivity contribution is 0.483. The number of hydrogen-bond acceptors (Lipinski definition) is 4. The van der Waals surface area contributed by atoms with Crippen molar-refractivity contribution in [2.75, 3.05) is 5.73 Å². The third-order valence-electron chi connectivity index (χ3n) is 2.93. The Labute approximate surface area is 116 Å². The number of benzene rings is 2. The molecule has 0 aliphatic carbocycles. The van der Waals surface area contributed by atoms with Gasteiger partial charge in [0.2, 0.25) is 0 Å². The molecule has 0 amide bonds. The SMILES string of the molecule is N#Cc1ccc(Oc2cnc3ccccc3c2)c(N)c1. The van der Waals surface area contributed by atoms with E-state index >= 15 is 0 Å². The fourth-order valence-electron chi connectivity index (χ4n) is 1.94. The number of nitrogens with two attached hydrogens (primary N) is 1. The van der Waals surface area contributed by atoms with Crippen molar-refractivity contribution in [2.45, 2.75) is 0 Å². The van der Waals surface area contributed by atoms with E-state index in [0.29, 0.717) is 22.7 Å². The summed E-state index contributed by atoms with van der Waals surface area (Å²) >= 11 is 0. The maximum absolute atomic E-state index is 8.80. The van der Waals surface area contributed by atoms with Crippen molar-refractivity contribution in [1.82, 2.24) is 4.98 Å². The molecule has 0 unspecified atom stereocenters. The molecule has 2 N–H and O–H groups in total. The molecule has 0 saturated carbocycles. The quantitative estimate of drug-likeness (QED) is 0.717. The van der Waals surface area contributed by atoms with Crippen LogP contribution in [0, 0.1) is 11.3 Å². The van der Waals surface area contributed by atoms with E-state index in [0.717, 1.165) is 10.9 Å². The van der Waals surface area contributed by atoms with Gasteiger partial charge in [0.1, 0.15) is 11.5 Å². The predicted octanol–water partition coefficient (Wildman–Crippen LogP) is 3.48. The molecular formula is C16H11N3O. The maximum atomic E-state index is 8.80. The second-order valence-corrected chi connectivity index (χ2v) is 4.33. The summed E-state index contributed by atoms with van der Waals surface area (Å²) in [5.41, 5.74) is 7.70. The maximum Gasteiger partial charge on any atom is 0.150 e. The van der Waals surface area contributed by atoms with Crippen LogP contribution in [0.3, 0.4) is 0 Å². The third-order valence-corrected chi connectivity index (χ3v) is 2.93. The fourth-order valence-corrected chi connectivity index (χ4v) is 1.94. The van der Waals surface area contributed by atoms with Gasteiger partial charge in [0, 0.05) is 5.39 Å². The zero-order valence-electron chi connectivity index (χ0n) is 10.6. The number of pyridine rings is 1. The molecule has 96 valence electrons. The van der Waals surface area contributed by atoms with E-state index in [4.69, 9.17) is 15.7 Å². The van der Waals surface area contributed by atoms with Gasteiger partial charge < -0.3 is 10.5 Å². The summed E-state index contributed by atoms with van der Waals surface area (Å²) in [5.74, 6) is 1.13. The van der Waals surface area contributed by atoms with Gasteiger partial charge in [-0.2, -0.15) is 5.26 Å². The number of para-hydroxylation sites is 1. The summed E-state index contributed by atoms with van der Waals surface area (Å²) in [5, 5.41) is 9.80. The van der Waals surface area contributed by atoms with Crippen LogP contribution in [0.1, 0.15) is 5.56 Å². The second kappa shape index (κ2) is 4.90. The lowest BCUT2D eigenvalue weighted by atomic mass is 10.2. The number of nitriles is 1. The second-order valence-electron chi connectivity index (χ2n) is 4.33. The average molecular weight is 261 g/mol. The highest BCUT2D eigenvalue weighted by Crippen LogP contribution is 2.29. The lowest BCUT2D eigenvalue weighted by Crippen LogP contribution is -1.93. The molecule has 20 heavy (non-hydrogen) atoms. The first-order valence-electron chi connectivity index (χ1n) is 6.08. The van der Waals surface area contributed by atoms with E-state index in [-0.39, 0.29) is 0 Å². The van der Waals surface area contributed by atoms with Crippen LogP contribution in [0.5, 0.6) is 11.5 Å². The lowest BCUT2D eigenvalue weighted by Gasteiger charge is -2.09. The standard InChI is InChI=1S/C16H11N3O/c17-9-11-5-6-16(14(18)7-11)20-13-8-12-3-1-2-4-15(12)19-10-13/h1-8,10H,18H2. The molecule has 0 bridgehead atoms. The Morgan fingerprint density at radius 3 is 2.75 bits per heavy atom. The topological polar surface area (TPSA) is 71.9 Å². The largest absolute Gasteiger partial charge is 0.454 e. The highest BCUT2D eigenvalue weighted by molar-refractivity contribution is 5.79. The first-order chi connectivity index (χ1) is 9.76. The monoisotopic (exact) mass is 261 g/mol. The zero-order valence-corrected chi connectivity index (χ0v) is 10.6. The number of nitrogens with zero attached hydrogens (tertiary/aromatic N) is 2. The fraction of sp³-hybridized carbons (Fsp3) is 0. The zero-order chi connectivity index (χ0) is 13.9. The van der Waals surface area contributed by atoms with Crippen molar-refractivity contribution in [3.63, 3.8) is 0 Å². The van der Waals surface area contributed by atoms with E-state index in [9.17, 15) is 0 Å². The highest BCUT2D eigenvalue weighted by atomic mass is 16.5. The Bertz CT molecular complexity index is 821. The van der Waals surface area contributed by atoms with Gasteiger partial charge in [0.25, 0.3) is 0 Å². The molecular weight excluding hydrogens is 250 g/mol. The molecule has 1 heterocycles. The molecule has 0 aliphatic rings. The first kappa shape index (κ1) is 12.0. The van der Waals surface area contributed by atoms with Crippen molar-refractivity contribution in [3.8, 4) is 17.6 Å². The Kier molecular flexibility index (Phi) is 2.94. The number of rotatable bonds is 2. The normalized spacial score (nSPS) is 10.2. The molecule has 0 atom stereocenters. The van der Waals surface area contributed by atoms with Gasteiger partial charge in [0.15, 0.2) is 0 Å². The third kappa shape index (κ3) is 2.25. The summed E-state index contributed by atoms with van der Waals surface area (Å²) in [6.07, 6.45) is 1.65. The molecule has 0 saturated heterocycles. The van der Waals surface area contributed by atoms with Crippen molar-refractivity contribution in [3.05, 3.63) is 60.3 Å². The van der Waals surface area contributed by atoms with Crippen LogP contribution in [-0.2, 0) is 0 Å². The first-order valence-corrected chi connectivity index (χ1v) is 6.08. The Balaban J connectivity index is 1.95. The minimum Gasteiger partial charge on any atom is -0.454 e. The highest BCUT2D eigenvalue weighted by Gasteiger charge is 2.05. The van der Waals surface area contributed by atoms with Crippen LogP contribution in [0.15, 0.2) is 54.7 Å². The van der Waals surface area contributed by atoms with E-state index in [1.165, 1.54) is 0 Å². The van der Waals surface area contributed by atoms with Crippen LogP contribution in [0.4, 0.5) is 5.69 Å². The predicted molar refractivity (Wildman–Crippen MR) is 77.4 cm³/mol. The van der Waals surface area contributed by atoms with Crippen molar-refractivity contribution < 1.29 is 4.74 Å². The Hall–Kier alpha value is -3.06. The van der Waals surface area contributed by atoms with E-state index in [2.05, 4.69) is 4.98 Å². The Morgan fingerprint density at radius 2 is 1.95 bits per heavy atom. The summed E-state index contributed by atoms with van der Waals surface area (Å²) < 4.78 is 5.72. The number of nitrogen functional groups attached to an aromatic ring is 1. The number of anilines is 1. The van der Waals surface area contributed by atoms with E-state index in [1.54, 1.807) is 24.4 Å². The molecule has 4 nitrogen and oxygen atoms in total. The van der Waals surface area contributed by atoms with Crippen LogP contribution in [0.25, 0.3) is 10.9 Å². The minimum atomic E-state index is 0.428. The molecule has 4 heteroatoms. The number of ether oxygens (including phenoxy) is 1. The Morgan fingerprint density at radius 1 is 1.10 bits per heavy atom. The van der Waals surface area contributed by atoms with Gasteiger partial charge >= 0.3 is 0 Å². The average Bonchev–Trinajstić information content (AvgIpc) is 2.49. The number of fused-ring (bicyclic) bond motifs is 1. The summed E-state index contributed by atoms with van der Waals surface area (Å²) in [4.78, 5) is 4.32. The molecule has 3 rings (SSSR count). The van der Waals surface area contributed by atoms with E-state index < -0.39 is 0 Å². The van der Waals surface area contributed by atoms with Crippen LogP contribution in [-0.4, -0.2) is 4.98 Å². The smallest absolute Gasteiger partial charge is 0.150 e. The van der Waals surface area contributed by atoms with Crippen LogP contribution < -0.4 is 10.5 Å². The molecule has 3 aromatic rings. The van der Waals surface area contributed by atoms with Crippen molar-refractivity contribution >= 4 is 16.6 Å². The molecule has 0 radical (unpaired) electrons. The van der Waals surface area contributed by atoms with Crippen molar-refractivity contribution in [1.29, 1.82) is 5.26 Å². The number of aromatic nitrogens is 1. The minimum absolute atomic E-state index is 0.428. The van der Waals surface area contributed by atoms with Gasteiger partial charge in [-0.1, -0.05) is 18.2 Å². The molecule has 0 aliphatic heterocycles. The summed E-state index contributed by atoms with van der Waals surface area (Å²) in [6, 6.07) is 16.7. The van der Waals surface area contributed by atoms with Gasteiger partial charge in [0.05, 0.1) is 29.0 Å². The summed E-state index contributed by atoms with van der Waals surface area (Å²) in [7, 11) is 0.